The fourth-order valence-corrected chi connectivity index (χ4v) is 3.86. The highest BCUT2D eigenvalue weighted by Gasteiger charge is 2.24. The zero-order valence-electron chi connectivity index (χ0n) is 19.5. The maximum atomic E-state index is 12.3. The summed E-state index contributed by atoms with van der Waals surface area (Å²) in [4.78, 5) is 19.2. The van der Waals surface area contributed by atoms with Crippen LogP contribution >= 0.6 is 24.0 Å². The normalized spacial score (nSPS) is 16.1. The van der Waals surface area contributed by atoms with Crippen LogP contribution in [0.1, 0.15) is 30.9 Å². The summed E-state index contributed by atoms with van der Waals surface area (Å²) in [5.74, 6) is 1.37. The summed E-state index contributed by atoms with van der Waals surface area (Å²) in [5.41, 5.74) is 2.36. The number of carbonyl (C=O) groups is 1. The number of carbonyl (C=O) groups excluding carboxylic acids is 1. The second-order valence-corrected chi connectivity index (χ2v) is 7.95. The molecule has 1 unspecified atom stereocenters. The number of hydrogen-bond acceptors (Lipinski definition) is 4. The molecule has 3 rings (SSSR count). The molecular formula is C25H36IN5O2. The van der Waals surface area contributed by atoms with Crippen molar-refractivity contribution in [2.75, 3.05) is 33.3 Å². The lowest BCUT2D eigenvalue weighted by atomic mass is 10.2. The smallest absolute Gasteiger partial charge is 0.242 e. The van der Waals surface area contributed by atoms with Gasteiger partial charge in [-0.05, 0) is 49.6 Å². The van der Waals surface area contributed by atoms with E-state index in [4.69, 9.17) is 4.74 Å². The van der Waals surface area contributed by atoms with Gasteiger partial charge in [-0.15, -0.1) is 24.0 Å². The molecule has 1 atom stereocenters. The molecule has 0 aromatic heterocycles. The largest absolute Gasteiger partial charge is 0.497 e. The predicted octanol–water partition coefficient (Wildman–Crippen LogP) is 3.15. The quantitative estimate of drug-likeness (QED) is 0.235. The maximum absolute atomic E-state index is 12.3. The van der Waals surface area contributed by atoms with Crippen molar-refractivity contribution in [1.82, 2.24) is 20.9 Å². The number of rotatable bonds is 10. The van der Waals surface area contributed by atoms with Gasteiger partial charge in [-0.1, -0.05) is 42.5 Å². The van der Waals surface area contributed by atoms with Gasteiger partial charge in [-0.2, -0.15) is 0 Å². The van der Waals surface area contributed by atoms with Gasteiger partial charge in [0, 0.05) is 32.2 Å². The first kappa shape index (κ1) is 26.9. The first-order valence-corrected chi connectivity index (χ1v) is 11.4. The van der Waals surface area contributed by atoms with Crippen LogP contribution in [0.3, 0.4) is 0 Å². The van der Waals surface area contributed by atoms with E-state index >= 15 is 0 Å². The minimum Gasteiger partial charge on any atom is -0.497 e. The van der Waals surface area contributed by atoms with Gasteiger partial charge in [0.1, 0.15) is 12.3 Å². The van der Waals surface area contributed by atoms with Crippen molar-refractivity contribution in [3.8, 4) is 5.75 Å². The van der Waals surface area contributed by atoms with E-state index in [1.807, 2.05) is 31.2 Å². The summed E-state index contributed by atoms with van der Waals surface area (Å²) in [5, 5.41) is 9.58. The fourth-order valence-electron chi connectivity index (χ4n) is 3.86. The van der Waals surface area contributed by atoms with Gasteiger partial charge in [0.05, 0.1) is 7.11 Å². The first-order chi connectivity index (χ1) is 15.7. The van der Waals surface area contributed by atoms with E-state index in [0.717, 1.165) is 37.5 Å². The van der Waals surface area contributed by atoms with E-state index in [-0.39, 0.29) is 36.4 Å². The minimum absolute atomic E-state index is 0. The Hall–Kier alpha value is -2.33. The second-order valence-electron chi connectivity index (χ2n) is 7.95. The van der Waals surface area contributed by atoms with Crippen molar-refractivity contribution >= 4 is 35.8 Å². The highest BCUT2D eigenvalue weighted by Crippen LogP contribution is 2.19. The van der Waals surface area contributed by atoms with Crippen molar-refractivity contribution < 1.29 is 9.53 Å². The third-order valence-corrected chi connectivity index (χ3v) is 5.61. The molecule has 1 heterocycles. The Bertz CT molecular complexity index is 861. The van der Waals surface area contributed by atoms with Gasteiger partial charge >= 0.3 is 0 Å². The molecule has 33 heavy (non-hydrogen) atoms. The first-order valence-electron chi connectivity index (χ1n) is 11.4. The lowest BCUT2D eigenvalue weighted by Crippen LogP contribution is -2.45. The fraction of sp³-hybridized carbons (Fsp3) is 0.440. The second kappa shape index (κ2) is 14.7. The summed E-state index contributed by atoms with van der Waals surface area (Å²) in [7, 11) is 1.64. The van der Waals surface area contributed by atoms with Crippen LogP contribution in [0.25, 0.3) is 0 Å². The third kappa shape index (κ3) is 9.21. The molecule has 0 saturated carbocycles. The summed E-state index contributed by atoms with van der Waals surface area (Å²) >= 11 is 0. The number of aliphatic imine (C=N–C) groups is 1. The van der Waals surface area contributed by atoms with E-state index in [2.05, 4.69) is 56.2 Å². The molecule has 2 aromatic carbocycles. The summed E-state index contributed by atoms with van der Waals surface area (Å²) in [6, 6.07) is 18.7. The number of amides is 1. The zero-order valence-corrected chi connectivity index (χ0v) is 21.9. The van der Waals surface area contributed by atoms with Crippen molar-refractivity contribution in [3.63, 3.8) is 0 Å². The number of likely N-dealkylation sites (tertiary alicyclic amines) is 1. The van der Waals surface area contributed by atoms with Gasteiger partial charge in [-0.3, -0.25) is 9.69 Å². The number of nitrogens with zero attached hydrogens (tertiary/aromatic N) is 2. The molecule has 0 aliphatic carbocycles. The standard InChI is InChI=1S/C25H35N5O2.HI/c1-3-26-25(29-18-24(31)27-16-20-11-13-23(32-2)14-12-20)28-17-22-10-7-15-30(22)19-21-8-5-4-6-9-21;/h4-6,8-9,11-14,22H,3,7,10,15-19H2,1-2H3,(H,27,31)(H2,26,28,29);1H. The molecule has 0 bridgehead atoms. The molecule has 3 N–H and O–H groups in total. The van der Waals surface area contributed by atoms with Gasteiger partial charge in [-0.25, -0.2) is 4.99 Å². The SMILES string of the molecule is CCNC(=NCC(=O)NCc1ccc(OC)cc1)NCC1CCCN1Cc1ccccc1.I. The number of ether oxygens (including phenoxy) is 1. The summed E-state index contributed by atoms with van der Waals surface area (Å²) in [6.45, 7) is 6.22. The van der Waals surface area contributed by atoms with Crippen LogP contribution in [-0.4, -0.2) is 56.1 Å². The Morgan fingerprint density at radius 2 is 1.82 bits per heavy atom. The molecule has 2 aromatic rings. The molecule has 0 spiro atoms. The Labute approximate surface area is 214 Å². The monoisotopic (exact) mass is 565 g/mol. The Kier molecular flexibility index (Phi) is 12.0. The molecule has 1 saturated heterocycles. The number of guanidine groups is 1. The predicted molar refractivity (Wildman–Crippen MR) is 144 cm³/mol. The van der Waals surface area contributed by atoms with Gasteiger partial charge in [0.2, 0.25) is 5.91 Å². The number of benzene rings is 2. The van der Waals surface area contributed by atoms with Gasteiger partial charge in [0.15, 0.2) is 5.96 Å². The average molecular weight is 566 g/mol. The van der Waals surface area contributed by atoms with Crippen molar-refractivity contribution in [3.05, 3.63) is 65.7 Å². The topological polar surface area (TPSA) is 78.0 Å². The number of hydrogen-bond donors (Lipinski definition) is 3. The van der Waals surface area contributed by atoms with Crippen LogP contribution in [0.4, 0.5) is 0 Å². The molecule has 1 aliphatic heterocycles. The summed E-state index contributed by atoms with van der Waals surface area (Å²) in [6.07, 6.45) is 2.38. The van der Waals surface area contributed by atoms with E-state index in [1.54, 1.807) is 7.11 Å². The van der Waals surface area contributed by atoms with Gasteiger partial charge < -0.3 is 20.7 Å². The van der Waals surface area contributed by atoms with E-state index in [0.29, 0.717) is 18.5 Å². The van der Waals surface area contributed by atoms with Crippen LogP contribution in [-0.2, 0) is 17.9 Å². The van der Waals surface area contributed by atoms with Crippen LogP contribution in [0, 0.1) is 0 Å². The van der Waals surface area contributed by atoms with Crippen LogP contribution in [0.5, 0.6) is 5.75 Å². The maximum Gasteiger partial charge on any atom is 0.242 e. The average Bonchev–Trinajstić information content (AvgIpc) is 3.27. The molecule has 8 heteroatoms. The van der Waals surface area contributed by atoms with Crippen molar-refractivity contribution in [2.45, 2.75) is 38.9 Å². The Morgan fingerprint density at radius 1 is 1.06 bits per heavy atom. The molecule has 1 fully saturated rings. The van der Waals surface area contributed by atoms with Crippen LogP contribution in [0.15, 0.2) is 59.6 Å². The highest BCUT2D eigenvalue weighted by molar-refractivity contribution is 14.0. The summed E-state index contributed by atoms with van der Waals surface area (Å²) < 4.78 is 5.16. The molecule has 1 amide bonds. The van der Waals surface area contributed by atoms with Crippen molar-refractivity contribution in [2.24, 2.45) is 4.99 Å². The van der Waals surface area contributed by atoms with Crippen LogP contribution < -0.4 is 20.7 Å². The zero-order chi connectivity index (χ0) is 22.6. The van der Waals surface area contributed by atoms with Crippen molar-refractivity contribution in [1.29, 1.82) is 0 Å². The molecular weight excluding hydrogens is 529 g/mol. The molecule has 0 radical (unpaired) electrons. The molecule has 1 aliphatic rings. The minimum atomic E-state index is -0.107. The highest BCUT2D eigenvalue weighted by atomic mass is 127. The number of nitrogens with one attached hydrogen (secondary N) is 3. The number of methoxy groups -OCH3 is 1. The molecule has 180 valence electrons. The third-order valence-electron chi connectivity index (χ3n) is 5.61. The van der Waals surface area contributed by atoms with Crippen LogP contribution in [0.2, 0.25) is 0 Å². The van der Waals surface area contributed by atoms with Gasteiger partial charge in [0.25, 0.3) is 0 Å². The Morgan fingerprint density at radius 3 is 2.52 bits per heavy atom. The van der Waals surface area contributed by atoms with E-state index in [9.17, 15) is 4.79 Å². The number of halogens is 1. The van der Waals surface area contributed by atoms with E-state index < -0.39 is 0 Å². The van der Waals surface area contributed by atoms with E-state index in [1.165, 1.54) is 18.4 Å². The Balaban J connectivity index is 0.00000385. The lowest BCUT2D eigenvalue weighted by molar-refractivity contribution is -0.119. The lowest BCUT2D eigenvalue weighted by Gasteiger charge is -2.25. The molecule has 7 nitrogen and oxygen atoms in total.